The average molecular weight is 236 g/mol. The average Bonchev–Trinajstić information content (AvgIpc) is 2.80. The molecule has 1 heterocycles. The van der Waals surface area contributed by atoms with Crippen LogP contribution in [0.5, 0.6) is 0 Å². The van der Waals surface area contributed by atoms with Gasteiger partial charge in [-0.05, 0) is 33.1 Å². The van der Waals surface area contributed by atoms with Crippen LogP contribution >= 0.6 is 0 Å². The zero-order valence-electron chi connectivity index (χ0n) is 10.7. The van der Waals surface area contributed by atoms with Crippen LogP contribution in [0.3, 0.4) is 0 Å². The fourth-order valence-electron chi connectivity index (χ4n) is 2.57. The predicted molar refractivity (Wildman–Crippen MR) is 65.3 cm³/mol. The van der Waals surface area contributed by atoms with Crippen LogP contribution in [0.1, 0.15) is 40.0 Å². The van der Waals surface area contributed by atoms with Gasteiger partial charge in [-0.3, -0.25) is 9.59 Å². The van der Waals surface area contributed by atoms with E-state index in [1.165, 1.54) is 0 Å². The molecule has 1 fully saturated rings. The van der Waals surface area contributed by atoms with Crippen molar-refractivity contribution in [3.8, 4) is 0 Å². The Morgan fingerprint density at radius 3 is 2.53 bits per heavy atom. The predicted octanol–water partition coefficient (Wildman–Crippen LogP) is 1.22. The normalized spacial score (nSPS) is 34.3. The molecular weight excluding hydrogens is 216 g/mol. The van der Waals surface area contributed by atoms with E-state index in [1.807, 2.05) is 13.8 Å². The van der Waals surface area contributed by atoms with Gasteiger partial charge in [-0.1, -0.05) is 19.1 Å². The van der Waals surface area contributed by atoms with Crippen LogP contribution in [0.15, 0.2) is 12.2 Å². The Labute approximate surface area is 102 Å². The summed E-state index contributed by atoms with van der Waals surface area (Å²) in [5.41, 5.74) is -0.730. The first-order chi connectivity index (χ1) is 7.99. The summed E-state index contributed by atoms with van der Waals surface area (Å²) in [6, 6.07) is -0.193. The van der Waals surface area contributed by atoms with Crippen molar-refractivity contribution < 1.29 is 9.59 Å². The molecular formula is C13H20N2O2. The number of nitrogens with zero attached hydrogens (tertiary/aromatic N) is 1. The van der Waals surface area contributed by atoms with Crippen molar-refractivity contribution in [2.75, 3.05) is 0 Å². The number of amides is 2. The molecule has 0 aromatic heterocycles. The lowest BCUT2D eigenvalue weighted by molar-refractivity contribution is -0.156. The fraction of sp³-hybridized carbons (Fsp3) is 0.692. The molecule has 94 valence electrons. The molecule has 1 N–H and O–H groups in total. The van der Waals surface area contributed by atoms with Gasteiger partial charge in [0, 0.05) is 6.04 Å². The molecule has 0 saturated carbocycles. The van der Waals surface area contributed by atoms with Gasteiger partial charge in [0.25, 0.3) is 0 Å². The zero-order chi connectivity index (χ0) is 12.6. The Bertz CT molecular complexity index is 370. The second-order valence-corrected chi connectivity index (χ2v) is 5.16. The first-order valence-corrected chi connectivity index (χ1v) is 6.29. The lowest BCUT2D eigenvalue weighted by Crippen LogP contribution is -2.69. The Morgan fingerprint density at radius 1 is 1.41 bits per heavy atom. The van der Waals surface area contributed by atoms with E-state index < -0.39 is 5.54 Å². The van der Waals surface area contributed by atoms with E-state index in [0.29, 0.717) is 6.42 Å². The zero-order valence-corrected chi connectivity index (χ0v) is 10.7. The molecule has 0 aromatic carbocycles. The fourth-order valence-corrected chi connectivity index (χ4v) is 2.57. The molecule has 1 aliphatic carbocycles. The van der Waals surface area contributed by atoms with Crippen LogP contribution in [0, 0.1) is 0 Å². The molecule has 2 amide bonds. The molecule has 0 radical (unpaired) electrons. The minimum Gasteiger partial charge on any atom is -0.340 e. The van der Waals surface area contributed by atoms with E-state index in [9.17, 15) is 9.59 Å². The van der Waals surface area contributed by atoms with Gasteiger partial charge in [-0.25, -0.2) is 0 Å². The van der Waals surface area contributed by atoms with E-state index in [-0.39, 0.29) is 23.9 Å². The summed E-state index contributed by atoms with van der Waals surface area (Å²) >= 11 is 0. The van der Waals surface area contributed by atoms with Crippen molar-refractivity contribution >= 4 is 11.8 Å². The maximum atomic E-state index is 12.5. The summed E-state index contributed by atoms with van der Waals surface area (Å²) in [4.78, 5) is 26.2. The smallest absolute Gasteiger partial charge is 0.248 e. The van der Waals surface area contributed by atoms with Crippen LogP contribution in [0.25, 0.3) is 0 Å². The third-order valence-electron chi connectivity index (χ3n) is 3.99. The van der Waals surface area contributed by atoms with E-state index >= 15 is 0 Å². The monoisotopic (exact) mass is 236 g/mol. The summed E-state index contributed by atoms with van der Waals surface area (Å²) in [5, 5.41) is 2.84. The van der Waals surface area contributed by atoms with Gasteiger partial charge in [0.1, 0.15) is 11.6 Å². The minimum atomic E-state index is -0.730. The molecule has 0 spiro atoms. The minimum absolute atomic E-state index is 0.0409. The number of hydrogen-bond donors (Lipinski definition) is 1. The van der Waals surface area contributed by atoms with E-state index in [2.05, 4.69) is 17.5 Å². The maximum absolute atomic E-state index is 12.5. The Kier molecular flexibility index (Phi) is 2.98. The highest BCUT2D eigenvalue weighted by Gasteiger charge is 2.47. The Morgan fingerprint density at radius 2 is 2.00 bits per heavy atom. The van der Waals surface area contributed by atoms with Crippen LogP contribution in [-0.2, 0) is 9.59 Å². The standard InChI is InChI=1S/C13H20N2O2/c1-4-13(3)12(17)15(9(2)11(16)14-13)10-7-5-6-8-10/h5-6,9-10H,4,7-8H2,1-3H3,(H,14,16). The van der Waals surface area contributed by atoms with Gasteiger partial charge in [0.2, 0.25) is 11.8 Å². The third-order valence-corrected chi connectivity index (χ3v) is 3.99. The topological polar surface area (TPSA) is 49.4 Å². The molecule has 2 atom stereocenters. The quantitative estimate of drug-likeness (QED) is 0.733. The van der Waals surface area contributed by atoms with E-state index in [4.69, 9.17) is 0 Å². The molecule has 1 saturated heterocycles. The van der Waals surface area contributed by atoms with Crippen LogP contribution < -0.4 is 5.32 Å². The van der Waals surface area contributed by atoms with Crippen molar-refractivity contribution in [3.63, 3.8) is 0 Å². The number of piperazine rings is 1. The molecule has 1 aliphatic heterocycles. The van der Waals surface area contributed by atoms with Gasteiger partial charge in [0.05, 0.1) is 0 Å². The lowest BCUT2D eigenvalue weighted by atomic mass is 9.90. The van der Waals surface area contributed by atoms with Gasteiger partial charge in [-0.2, -0.15) is 0 Å². The summed E-state index contributed by atoms with van der Waals surface area (Å²) < 4.78 is 0. The van der Waals surface area contributed by atoms with Crippen molar-refractivity contribution in [2.45, 2.75) is 57.7 Å². The van der Waals surface area contributed by atoms with Crippen LogP contribution in [0.4, 0.5) is 0 Å². The number of carbonyl (C=O) groups excluding carboxylic acids is 2. The van der Waals surface area contributed by atoms with Gasteiger partial charge in [-0.15, -0.1) is 0 Å². The Balaban J connectivity index is 2.27. The van der Waals surface area contributed by atoms with Gasteiger partial charge in [0.15, 0.2) is 0 Å². The molecule has 0 bridgehead atoms. The van der Waals surface area contributed by atoms with Crippen LogP contribution in [0.2, 0.25) is 0 Å². The maximum Gasteiger partial charge on any atom is 0.248 e. The largest absolute Gasteiger partial charge is 0.340 e. The van der Waals surface area contributed by atoms with Gasteiger partial charge >= 0.3 is 0 Å². The van der Waals surface area contributed by atoms with Crippen molar-refractivity contribution in [1.82, 2.24) is 10.2 Å². The summed E-state index contributed by atoms with van der Waals surface area (Å²) in [6.45, 7) is 5.55. The number of rotatable bonds is 2. The lowest BCUT2D eigenvalue weighted by Gasteiger charge is -2.45. The van der Waals surface area contributed by atoms with Crippen molar-refractivity contribution in [1.29, 1.82) is 0 Å². The third kappa shape index (κ3) is 1.85. The first kappa shape index (κ1) is 12.1. The highest BCUT2D eigenvalue weighted by molar-refractivity contribution is 5.99. The highest BCUT2D eigenvalue weighted by atomic mass is 16.2. The molecule has 0 aromatic rings. The first-order valence-electron chi connectivity index (χ1n) is 6.29. The van der Waals surface area contributed by atoms with Crippen molar-refractivity contribution in [2.24, 2.45) is 0 Å². The highest BCUT2D eigenvalue weighted by Crippen LogP contribution is 2.27. The second kappa shape index (κ2) is 4.17. The molecule has 4 nitrogen and oxygen atoms in total. The van der Waals surface area contributed by atoms with E-state index in [0.717, 1.165) is 12.8 Å². The number of nitrogens with one attached hydrogen (secondary N) is 1. The molecule has 2 unspecified atom stereocenters. The molecule has 2 aliphatic rings. The van der Waals surface area contributed by atoms with Crippen molar-refractivity contribution in [3.05, 3.63) is 12.2 Å². The molecule has 17 heavy (non-hydrogen) atoms. The van der Waals surface area contributed by atoms with Crippen LogP contribution in [-0.4, -0.2) is 34.3 Å². The summed E-state index contributed by atoms with van der Waals surface area (Å²) in [6.07, 6.45) is 6.52. The number of hydrogen-bond acceptors (Lipinski definition) is 2. The Hall–Kier alpha value is -1.32. The summed E-state index contributed by atoms with van der Waals surface area (Å²) in [5.74, 6) is 0.0154. The molecule has 2 rings (SSSR count). The van der Waals surface area contributed by atoms with E-state index in [1.54, 1.807) is 11.8 Å². The molecule has 4 heteroatoms. The second-order valence-electron chi connectivity index (χ2n) is 5.16. The number of carbonyl (C=O) groups is 2. The SMILES string of the molecule is CCC1(C)NC(=O)C(C)N(C2CC=CC2)C1=O. The van der Waals surface area contributed by atoms with Gasteiger partial charge < -0.3 is 10.2 Å². The summed E-state index contributed by atoms with van der Waals surface area (Å²) in [7, 11) is 0.